The van der Waals surface area contributed by atoms with Crippen LogP contribution in [0.4, 0.5) is 4.39 Å². The number of nitrogens with zero attached hydrogens (tertiary/aromatic N) is 2. The lowest BCUT2D eigenvalue weighted by atomic mass is 10.1. The maximum Gasteiger partial charge on any atom is 0.319 e. The Balaban J connectivity index is 1.71. The van der Waals surface area contributed by atoms with Gasteiger partial charge in [-0.25, -0.2) is 9.37 Å². The van der Waals surface area contributed by atoms with Crippen molar-refractivity contribution in [2.45, 2.75) is 23.4 Å². The molecule has 0 bridgehead atoms. The molecule has 1 aliphatic rings. The van der Waals surface area contributed by atoms with E-state index in [-0.39, 0.29) is 17.0 Å². The minimum absolute atomic E-state index is 0.187. The minimum Gasteiger partial charge on any atom is -0.465 e. The Labute approximate surface area is 155 Å². The van der Waals surface area contributed by atoms with Crippen LogP contribution in [0.25, 0.3) is 11.3 Å². The van der Waals surface area contributed by atoms with E-state index < -0.39 is 0 Å². The SMILES string of the molecule is O=C1OCCC1Sc1ncc(-c2ccc(F)cc2)n1Cc1ccccc1. The Hall–Kier alpha value is -2.60. The van der Waals surface area contributed by atoms with E-state index in [1.54, 1.807) is 18.3 Å². The normalized spacial score (nSPS) is 16.7. The molecule has 26 heavy (non-hydrogen) atoms. The Kier molecular flexibility index (Phi) is 4.75. The van der Waals surface area contributed by atoms with Gasteiger partial charge in [-0.3, -0.25) is 4.79 Å². The van der Waals surface area contributed by atoms with Gasteiger partial charge in [-0.15, -0.1) is 0 Å². The molecule has 0 saturated carbocycles. The summed E-state index contributed by atoms with van der Waals surface area (Å²) in [6.45, 7) is 1.08. The molecule has 1 aromatic heterocycles. The van der Waals surface area contributed by atoms with Crippen LogP contribution in [-0.2, 0) is 16.1 Å². The van der Waals surface area contributed by atoms with Gasteiger partial charge in [-0.2, -0.15) is 0 Å². The van der Waals surface area contributed by atoms with Gasteiger partial charge in [0, 0.05) is 6.42 Å². The lowest BCUT2D eigenvalue weighted by Gasteiger charge is -2.13. The van der Waals surface area contributed by atoms with Crippen molar-refractivity contribution < 1.29 is 13.9 Å². The molecule has 1 fully saturated rings. The predicted molar refractivity (Wildman–Crippen MR) is 98.4 cm³/mol. The van der Waals surface area contributed by atoms with E-state index in [1.807, 2.05) is 30.3 Å². The Morgan fingerprint density at radius 3 is 2.62 bits per heavy atom. The molecule has 1 saturated heterocycles. The number of cyclic esters (lactones) is 1. The molecular weight excluding hydrogens is 351 g/mol. The van der Waals surface area contributed by atoms with Crippen molar-refractivity contribution >= 4 is 17.7 Å². The van der Waals surface area contributed by atoms with Gasteiger partial charge in [0.05, 0.1) is 25.0 Å². The van der Waals surface area contributed by atoms with Gasteiger partial charge in [0.15, 0.2) is 5.16 Å². The fourth-order valence-electron chi connectivity index (χ4n) is 2.93. The van der Waals surface area contributed by atoms with Crippen LogP contribution in [-0.4, -0.2) is 27.4 Å². The number of benzene rings is 2. The van der Waals surface area contributed by atoms with Crippen molar-refractivity contribution in [1.29, 1.82) is 0 Å². The zero-order valence-corrected chi connectivity index (χ0v) is 14.8. The zero-order valence-electron chi connectivity index (χ0n) is 14.0. The summed E-state index contributed by atoms with van der Waals surface area (Å²) in [5.41, 5.74) is 2.91. The van der Waals surface area contributed by atoms with Gasteiger partial charge in [0.2, 0.25) is 0 Å². The van der Waals surface area contributed by atoms with Gasteiger partial charge in [-0.05, 0) is 35.4 Å². The Morgan fingerprint density at radius 1 is 1.15 bits per heavy atom. The number of hydrogen-bond donors (Lipinski definition) is 0. The summed E-state index contributed by atoms with van der Waals surface area (Å²) in [7, 11) is 0. The van der Waals surface area contributed by atoms with Gasteiger partial charge >= 0.3 is 5.97 Å². The van der Waals surface area contributed by atoms with Crippen LogP contribution < -0.4 is 0 Å². The van der Waals surface area contributed by atoms with E-state index >= 15 is 0 Å². The van der Waals surface area contributed by atoms with E-state index in [0.717, 1.165) is 22.0 Å². The summed E-state index contributed by atoms with van der Waals surface area (Å²) in [5.74, 6) is -0.459. The molecule has 0 radical (unpaired) electrons. The average Bonchev–Trinajstić information content (AvgIpc) is 3.24. The van der Waals surface area contributed by atoms with E-state index in [2.05, 4.69) is 9.55 Å². The first-order chi connectivity index (χ1) is 12.7. The summed E-state index contributed by atoms with van der Waals surface area (Å²) in [4.78, 5) is 16.4. The van der Waals surface area contributed by atoms with E-state index in [9.17, 15) is 9.18 Å². The van der Waals surface area contributed by atoms with Gasteiger partial charge in [0.25, 0.3) is 0 Å². The lowest BCUT2D eigenvalue weighted by molar-refractivity contribution is -0.137. The highest BCUT2D eigenvalue weighted by Gasteiger charge is 2.29. The quantitative estimate of drug-likeness (QED) is 0.635. The number of hydrogen-bond acceptors (Lipinski definition) is 4. The van der Waals surface area contributed by atoms with Gasteiger partial charge in [0.1, 0.15) is 11.1 Å². The molecule has 0 spiro atoms. The third-order valence-corrected chi connectivity index (χ3v) is 5.53. The second-order valence-corrected chi connectivity index (χ2v) is 7.24. The number of carbonyl (C=O) groups excluding carboxylic acids is 1. The molecule has 0 N–H and O–H groups in total. The Bertz CT molecular complexity index is 909. The molecule has 6 heteroatoms. The van der Waals surface area contributed by atoms with Crippen LogP contribution in [0.1, 0.15) is 12.0 Å². The van der Waals surface area contributed by atoms with Crippen LogP contribution in [0, 0.1) is 5.82 Å². The number of ether oxygens (including phenoxy) is 1. The topological polar surface area (TPSA) is 44.1 Å². The van der Waals surface area contributed by atoms with Gasteiger partial charge < -0.3 is 9.30 Å². The first kappa shape index (κ1) is 16.8. The molecule has 4 rings (SSSR count). The molecule has 0 aliphatic carbocycles. The van der Waals surface area contributed by atoms with Gasteiger partial charge in [-0.1, -0.05) is 42.1 Å². The van der Waals surface area contributed by atoms with E-state index in [0.29, 0.717) is 19.6 Å². The fraction of sp³-hybridized carbons (Fsp3) is 0.200. The summed E-state index contributed by atoms with van der Waals surface area (Å²) in [6, 6.07) is 16.4. The number of aromatic nitrogens is 2. The molecule has 0 amide bonds. The molecule has 2 heterocycles. The molecule has 1 aliphatic heterocycles. The first-order valence-corrected chi connectivity index (χ1v) is 9.27. The zero-order chi connectivity index (χ0) is 17.9. The molecule has 1 unspecified atom stereocenters. The molecule has 3 aromatic rings. The number of halogens is 1. The van der Waals surface area contributed by atoms with Crippen LogP contribution in [0.5, 0.6) is 0 Å². The van der Waals surface area contributed by atoms with Crippen LogP contribution in [0.2, 0.25) is 0 Å². The molecular formula is C20H17FN2O2S. The number of thioether (sulfide) groups is 1. The number of esters is 1. The lowest BCUT2D eigenvalue weighted by Crippen LogP contribution is -2.12. The summed E-state index contributed by atoms with van der Waals surface area (Å²) >= 11 is 1.43. The number of rotatable bonds is 5. The molecule has 2 aromatic carbocycles. The van der Waals surface area contributed by atoms with E-state index in [4.69, 9.17) is 4.74 Å². The summed E-state index contributed by atoms with van der Waals surface area (Å²) < 4.78 is 20.4. The Morgan fingerprint density at radius 2 is 1.92 bits per heavy atom. The van der Waals surface area contributed by atoms with Crippen molar-refractivity contribution in [3.63, 3.8) is 0 Å². The largest absolute Gasteiger partial charge is 0.465 e. The predicted octanol–water partition coefficient (Wildman–Crippen LogP) is 4.15. The minimum atomic E-state index is -0.272. The highest BCUT2D eigenvalue weighted by molar-refractivity contribution is 8.00. The van der Waals surface area contributed by atoms with Crippen LogP contribution >= 0.6 is 11.8 Å². The number of imidazole rings is 1. The highest BCUT2D eigenvalue weighted by atomic mass is 32.2. The maximum absolute atomic E-state index is 13.3. The smallest absolute Gasteiger partial charge is 0.319 e. The molecule has 4 nitrogen and oxygen atoms in total. The van der Waals surface area contributed by atoms with Crippen molar-refractivity contribution in [2.75, 3.05) is 6.61 Å². The fourth-order valence-corrected chi connectivity index (χ4v) is 3.97. The van der Waals surface area contributed by atoms with E-state index in [1.165, 1.54) is 23.9 Å². The summed E-state index contributed by atoms with van der Waals surface area (Å²) in [5, 5.41) is 0.532. The van der Waals surface area contributed by atoms with Crippen molar-refractivity contribution in [3.05, 3.63) is 72.2 Å². The molecule has 132 valence electrons. The monoisotopic (exact) mass is 368 g/mol. The number of carbonyl (C=O) groups is 1. The van der Waals surface area contributed by atoms with Crippen molar-refractivity contribution in [2.24, 2.45) is 0 Å². The van der Waals surface area contributed by atoms with Crippen molar-refractivity contribution in [3.8, 4) is 11.3 Å². The third-order valence-electron chi connectivity index (χ3n) is 4.28. The van der Waals surface area contributed by atoms with Crippen LogP contribution in [0.3, 0.4) is 0 Å². The second kappa shape index (κ2) is 7.33. The first-order valence-electron chi connectivity index (χ1n) is 8.39. The maximum atomic E-state index is 13.3. The highest BCUT2D eigenvalue weighted by Crippen LogP contribution is 2.32. The van der Waals surface area contributed by atoms with Crippen molar-refractivity contribution in [1.82, 2.24) is 9.55 Å². The standard InChI is InChI=1S/C20H17FN2O2S/c21-16-8-6-15(7-9-16)17-12-22-20(26-18-10-11-25-19(18)24)23(17)13-14-4-2-1-3-5-14/h1-9,12,18H,10-11,13H2. The third kappa shape index (κ3) is 3.51. The summed E-state index contributed by atoms with van der Waals surface area (Å²) in [6.07, 6.45) is 2.46. The average molecular weight is 368 g/mol. The molecule has 1 atom stereocenters. The second-order valence-electron chi connectivity index (χ2n) is 6.07. The van der Waals surface area contributed by atoms with Crippen LogP contribution in [0.15, 0.2) is 66.0 Å².